The average Bonchev–Trinajstić information content (AvgIpc) is 3.88. The first-order chi connectivity index (χ1) is 22.2. The van der Waals surface area contributed by atoms with Crippen LogP contribution in [-0.4, -0.2) is 77.9 Å². The number of benzene rings is 3. The molecule has 2 bridgehead atoms. The molecule has 2 amide bonds. The molecule has 1 saturated heterocycles. The number of carboxylic acid groups (broad SMARTS) is 1. The van der Waals surface area contributed by atoms with Crippen LogP contribution in [0.1, 0.15) is 47.1 Å². The zero-order valence-electron chi connectivity index (χ0n) is 26.7. The number of nitrogens with zero attached hydrogens (tertiary/aromatic N) is 2. The molecule has 2 atom stereocenters. The number of carbonyl (C=O) groups excluding carboxylic acids is 1. The molecule has 0 radical (unpaired) electrons. The number of piperazine rings is 1. The Morgan fingerprint density at radius 2 is 1.67 bits per heavy atom. The first kappa shape index (κ1) is 32.0. The van der Waals surface area contributed by atoms with Crippen molar-refractivity contribution < 1.29 is 24.2 Å². The highest BCUT2D eigenvalue weighted by Gasteiger charge is 2.46. The minimum Gasteiger partial charge on any atom is -0.490 e. The third-order valence-electron chi connectivity index (χ3n) is 9.49. The lowest BCUT2D eigenvalue weighted by Crippen LogP contribution is -2.63. The van der Waals surface area contributed by atoms with Crippen molar-refractivity contribution in [2.75, 3.05) is 32.8 Å². The van der Waals surface area contributed by atoms with Crippen molar-refractivity contribution in [2.45, 2.75) is 64.6 Å². The number of hydrogen-bond acceptors (Lipinski definition) is 5. The summed E-state index contributed by atoms with van der Waals surface area (Å²) in [6.07, 6.45) is 2.20. The Morgan fingerprint density at radius 1 is 0.957 bits per heavy atom. The molecule has 0 aromatic heterocycles. The zero-order chi connectivity index (χ0) is 32.4. The highest BCUT2D eigenvalue weighted by Crippen LogP contribution is 2.40. The van der Waals surface area contributed by atoms with Gasteiger partial charge in [0.1, 0.15) is 24.7 Å². The lowest BCUT2D eigenvalue weighted by Gasteiger charge is -2.47. The minimum absolute atomic E-state index is 0.0491. The number of aryl methyl sites for hydroxylation is 3. The summed E-state index contributed by atoms with van der Waals surface area (Å²) >= 11 is 6.34. The SMILES string of the molecule is Cc1cc(Cl)c(OCCOc2ccc(C3=C(C(=O)N(CCc4ccccc4C)C4CC4)[C@H]4CNC[C@@H](C3)N4C(=O)O)cc2)cc1C. The van der Waals surface area contributed by atoms with Gasteiger partial charge in [0.05, 0.1) is 17.1 Å². The van der Waals surface area contributed by atoms with E-state index in [1.165, 1.54) is 16.0 Å². The quantitative estimate of drug-likeness (QED) is 0.234. The second kappa shape index (κ2) is 13.8. The van der Waals surface area contributed by atoms with Gasteiger partial charge in [0.15, 0.2) is 0 Å². The maximum Gasteiger partial charge on any atom is 0.408 e. The van der Waals surface area contributed by atoms with Crippen LogP contribution in [0.3, 0.4) is 0 Å². The van der Waals surface area contributed by atoms with E-state index in [0.29, 0.717) is 61.4 Å². The van der Waals surface area contributed by atoms with Gasteiger partial charge in [0.2, 0.25) is 0 Å². The molecule has 3 aromatic carbocycles. The number of amides is 2. The van der Waals surface area contributed by atoms with Crippen molar-refractivity contribution in [2.24, 2.45) is 0 Å². The number of carbonyl (C=O) groups is 2. The lowest BCUT2D eigenvalue weighted by atomic mass is 9.82. The van der Waals surface area contributed by atoms with E-state index in [1.807, 2.05) is 67.3 Å². The molecular weight excluding hydrogens is 602 g/mol. The topological polar surface area (TPSA) is 91.3 Å². The van der Waals surface area contributed by atoms with Gasteiger partial charge in [-0.25, -0.2) is 4.79 Å². The normalized spacial score (nSPS) is 19.2. The maximum absolute atomic E-state index is 14.5. The van der Waals surface area contributed by atoms with Crippen molar-refractivity contribution in [3.63, 3.8) is 0 Å². The van der Waals surface area contributed by atoms with E-state index in [-0.39, 0.29) is 18.0 Å². The number of halogens is 1. The van der Waals surface area contributed by atoms with Crippen molar-refractivity contribution >= 4 is 29.2 Å². The highest BCUT2D eigenvalue weighted by atomic mass is 35.5. The molecule has 46 heavy (non-hydrogen) atoms. The van der Waals surface area contributed by atoms with Gasteiger partial charge < -0.3 is 24.8 Å². The van der Waals surface area contributed by atoms with E-state index in [1.54, 1.807) is 0 Å². The molecule has 242 valence electrons. The Kier molecular flexibility index (Phi) is 9.57. The van der Waals surface area contributed by atoms with Crippen LogP contribution >= 0.6 is 11.6 Å². The number of rotatable bonds is 11. The van der Waals surface area contributed by atoms with Gasteiger partial charge in [-0.3, -0.25) is 9.69 Å². The summed E-state index contributed by atoms with van der Waals surface area (Å²) in [6, 6.07) is 19.3. The second-order valence-corrected chi connectivity index (χ2v) is 13.0. The number of hydrogen-bond donors (Lipinski definition) is 2. The van der Waals surface area contributed by atoms with Crippen LogP contribution in [-0.2, 0) is 11.2 Å². The molecule has 3 aromatic rings. The molecule has 0 unspecified atom stereocenters. The summed E-state index contributed by atoms with van der Waals surface area (Å²) in [6.45, 7) is 8.39. The Balaban J connectivity index is 1.22. The highest BCUT2D eigenvalue weighted by molar-refractivity contribution is 6.32. The van der Waals surface area contributed by atoms with Gasteiger partial charge in [-0.1, -0.05) is 48.0 Å². The molecule has 2 fully saturated rings. The van der Waals surface area contributed by atoms with Crippen LogP contribution < -0.4 is 14.8 Å². The summed E-state index contributed by atoms with van der Waals surface area (Å²) in [4.78, 5) is 30.5. The van der Waals surface area contributed by atoms with E-state index < -0.39 is 12.1 Å². The van der Waals surface area contributed by atoms with Crippen LogP contribution in [0.5, 0.6) is 11.5 Å². The molecule has 1 saturated carbocycles. The molecular formula is C37H42ClN3O5. The van der Waals surface area contributed by atoms with Crippen LogP contribution in [0.2, 0.25) is 5.02 Å². The molecule has 3 aliphatic rings. The van der Waals surface area contributed by atoms with Gasteiger partial charge in [0, 0.05) is 31.2 Å². The van der Waals surface area contributed by atoms with Crippen LogP contribution in [0.15, 0.2) is 66.2 Å². The van der Waals surface area contributed by atoms with E-state index in [0.717, 1.165) is 41.5 Å². The molecule has 2 N–H and O–H groups in total. The third kappa shape index (κ3) is 6.88. The summed E-state index contributed by atoms with van der Waals surface area (Å²) in [5.41, 5.74) is 7.11. The molecule has 2 heterocycles. The first-order valence-electron chi connectivity index (χ1n) is 16.1. The number of fused-ring (bicyclic) bond motifs is 2. The van der Waals surface area contributed by atoms with E-state index >= 15 is 0 Å². The molecule has 1 aliphatic carbocycles. The van der Waals surface area contributed by atoms with E-state index in [9.17, 15) is 14.7 Å². The summed E-state index contributed by atoms with van der Waals surface area (Å²) in [7, 11) is 0. The Bertz CT molecular complexity index is 1630. The van der Waals surface area contributed by atoms with Gasteiger partial charge in [-0.05, 0) is 104 Å². The first-order valence-corrected chi connectivity index (χ1v) is 16.5. The fourth-order valence-electron chi connectivity index (χ4n) is 6.68. The second-order valence-electron chi connectivity index (χ2n) is 12.6. The van der Waals surface area contributed by atoms with Crippen LogP contribution in [0.4, 0.5) is 4.79 Å². The standard InChI is InChI=1S/C37H42ClN3O5/c1-23-6-4-5-7-26(23)14-15-40(28-10-11-28)36(42)35-31(20-29-21-39-22-33(35)41(29)37(43)44)27-8-12-30(13-9-27)45-16-17-46-34-19-25(3)24(2)18-32(34)38/h4-9,12-13,18-19,28-29,33,39H,10-11,14-17,20-22H2,1-3H3,(H,43,44)/t29-,33-/m1/s1. The summed E-state index contributed by atoms with van der Waals surface area (Å²) in [5.74, 6) is 1.28. The Hall–Kier alpha value is -4.01. The smallest absolute Gasteiger partial charge is 0.408 e. The molecule has 2 aliphatic heterocycles. The van der Waals surface area contributed by atoms with Crippen LogP contribution in [0, 0.1) is 20.8 Å². The molecule has 0 spiro atoms. The summed E-state index contributed by atoms with van der Waals surface area (Å²) < 4.78 is 11.8. The van der Waals surface area contributed by atoms with Crippen molar-refractivity contribution in [1.82, 2.24) is 15.1 Å². The lowest BCUT2D eigenvalue weighted by molar-refractivity contribution is -0.128. The fourth-order valence-corrected chi connectivity index (χ4v) is 6.95. The third-order valence-corrected chi connectivity index (χ3v) is 9.78. The fraction of sp³-hybridized carbons (Fsp3) is 0.405. The van der Waals surface area contributed by atoms with Crippen LogP contribution in [0.25, 0.3) is 5.57 Å². The zero-order valence-corrected chi connectivity index (χ0v) is 27.5. The Morgan fingerprint density at radius 3 is 2.39 bits per heavy atom. The number of nitrogens with one attached hydrogen (secondary N) is 1. The number of ether oxygens (including phenoxy) is 2. The maximum atomic E-state index is 14.5. The van der Waals surface area contributed by atoms with Gasteiger partial charge in [-0.2, -0.15) is 0 Å². The minimum atomic E-state index is -0.980. The van der Waals surface area contributed by atoms with E-state index in [4.69, 9.17) is 21.1 Å². The predicted octanol–water partition coefficient (Wildman–Crippen LogP) is 6.43. The van der Waals surface area contributed by atoms with Gasteiger partial charge in [0.25, 0.3) is 5.91 Å². The van der Waals surface area contributed by atoms with E-state index in [2.05, 4.69) is 24.4 Å². The van der Waals surface area contributed by atoms with Crippen molar-refractivity contribution in [1.29, 1.82) is 0 Å². The Labute approximate surface area is 275 Å². The molecule has 8 nitrogen and oxygen atoms in total. The predicted molar refractivity (Wildman–Crippen MR) is 180 cm³/mol. The largest absolute Gasteiger partial charge is 0.490 e. The summed E-state index contributed by atoms with van der Waals surface area (Å²) in [5, 5.41) is 14.2. The van der Waals surface area contributed by atoms with Crippen molar-refractivity contribution in [3.8, 4) is 11.5 Å². The molecule has 9 heteroatoms. The van der Waals surface area contributed by atoms with Gasteiger partial charge >= 0.3 is 6.09 Å². The monoisotopic (exact) mass is 643 g/mol. The van der Waals surface area contributed by atoms with Crippen molar-refractivity contribution in [3.05, 3.63) is 99.1 Å². The average molecular weight is 644 g/mol. The van der Waals surface area contributed by atoms with Gasteiger partial charge in [-0.15, -0.1) is 0 Å². The molecule has 6 rings (SSSR count).